The maximum Gasteiger partial charge on any atom is 0.303 e. The molecule has 2 aromatic rings. The minimum atomic E-state index is -0.782. The van der Waals surface area contributed by atoms with Gasteiger partial charge >= 0.3 is 5.97 Å². The molecule has 0 aliphatic heterocycles. The second kappa shape index (κ2) is 9.78. The highest BCUT2D eigenvalue weighted by Gasteiger charge is 2.03. The fraction of sp³-hybridized carbons (Fsp3) is 0.263. The first-order valence-electron chi connectivity index (χ1n) is 7.87. The van der Waals surface area contributed by atoms with Gasteiger partial charge in [-0.25, -0.2) is 0 Å². The van der Waals surface area contributed by atoms with Crippen LogP contribution in [-0.4, -0.2) is 29.3 Å². The summed E-state index contributed by atoms with van der Waals surface area (Å²) in [5.74, 6) is -0.338. The van der Waals surface area contributed by atoms with Crippen molar-refractivity contribution in [2.45, 2.75) is 24.2 Å². The summed E-state index contributed by atoms with van der Waals surface area (Å²) in [6.45, 7) is 0.600. The summed E-state index contributed by atoms with van der Waals surface area (Å²) in [5, 5.41) is 11.6. The number of benzene rings is 2. The fourth-order valence-electron chi connectivity index (χ4n) is 2.19. The largest absolute Gasteiger partial charge is 0.481 e. The van der Waals surface area contributed by atoms with Crippen LogP contribution in [0, 0.1) is 0 Å². The Hall–Kier alpha value is -2.27. The van der Waals surface area contributed by atoms with Crippen molar-refractivity contribution in [2.24, 2.45) is 0 Å². The first-order valence-corrected chi connectivity index (χ1v) is 8.86. The van der Waals surface area contributed by atoms with Gasteiger partial charge in [-0.05, 0) is 36.1 Å². The lowest BCUT2D eigenvalue weighted by atomic mass is 10.1. The van der Waals surface area contributed by atoms with Gasteiger partial charge in [0, 0.05) is 17.9 Å². The molecule has 5 heteroatoms. The molecular weight excluding hydrogens is 322 g/mol. The maximum absolute atomic E-state index is 11.8. The number of thioether (sulfide) groups is 1. The highest BCUT2D eigenvalue weighted by atomic mass is 32.2. The van der Waals surface area contributed by atoms with Crippen LogP contribution in [0.15, 0.2) is 59.5 Å². The Morgan fingerprint density at radius 1 is 0.917 bits per heavy atom. The molecule has 1 amide bonds. The van der Waals surface area contributed by atoms with E-state index in [4.69, 9.17) is 5.11 Å². The van der Waals surface area contributed by atoms with E-state index in [0.717, 1.165) is 22.4 Å². The summed E-state index contributed by atoms with van der Waals surface area (Å²) in [4.78, 5) is 23.5. The molecule has 0 unspecified atom stereocenters. The first kappa shape index (κ1) is 18.1. The van der Waals surface area contributed by atoms with Gasteiger partial charge in [0.15, 0.2) is 0 Å². The van der Waals surface area contributed by atoms with Gasteiger partial charge in [0.1, 0.15) is 0 Å². The van der Waals surface area contributed by atoms with Crippen molar-refractivity contribution in [1.82, 2.24) is 5.32 Å². The zero-order valence-electron chi connectivity index (χ0n) is 13.4. The van der Waals surface area contributed by atoms with E-state index in [-0.39, 0.29) is 12.3 Å². The highest BCUT2D eigenvalue weighted by Crippen LogP contribution is 2.16. The number of carboxylic acid groups (broad SMARTS) is 1. The van der Waals surface area contributed by atoms with Gasteiger partial charge < -0.3 is 10.4 Å². The first-order chi connectivity index (χ1) is 11.6. The Morgan fingerprint density at radius 2 is 1.54 bits per heavy atom. The summed E-state index contributed by atoms with van der Waals surface area (Å²) in [6, 6.07) is 17.7. The summed E-state index contributed by atoms with van der Waals surface area (Å²) in [7, 11) is 0. The molecule has 0 spiro atoms. The third kappa shape index (κ3) is 6.87. The zero-order valence-corrected chi connectivity index (χ0v) is 14.2. The normalized spacial score (nSPS) is 10.3. The Bertz CT molecular complexity index is 656. The van der Waals surface area contributed by atoms with Crippen LogP contribution in [0.25, 0.3) is 0 Å². The van der Waals surface area contributed by atoms with Crippen LogP contribution in [-0.2, 0) is 22.4 Å². The van der Waals surface area contributed by atoms with Crippen LogP contribution in [0.3, 0.4) is 0 Å². The van der Waals surface area contributed by atoms with E-state index in [9.17, 15) is 9.59 Å². The number of rotatable bonds is 9. The quantitative estimate of drug-likeness (QED) is 0.687. The molecule has 0 bridgehead atoms. The molecule has 0 saturated carbocycles. The lowest BCUT2D eigenvalue weighted by Crippen LogP contribution is -2.27. The van der Waals surface area contributed by atoms with Crippen molar-refractivity contribution in [1.29, 1.82) is 0 Å². The molecule has 0 aromatic heterocycles. The minimum absolute atomic E-state index is 0.0296. The molecule has 0 atom stereocenters. The summed E-state index contributed by atoms with van der Waals surface area (Å²) in [5.41, 5.74) is 2.15. The van der Waals surface area contributed by atoms with E-state index in [1.54, 1.807) is 0 Å². The standard InChI is InChI=1S/C19H21NO3S/c21-18(14-24-17-4-2-1-3-5-17)20-13-12-16-8-6-15(7-9-16)10-11-19(22)23/h1-9H,10-14H2,(H,20,21)(H,22,23). The molecule has 2 N–H and O–H groups in total. The van der Waals surface area contributed by atoms with Crippen molar-refractivity contribution in [3.63, 3.8) is 0 Å². The number of nitrogens with one attached hydrogen (secondary N) is 1. The van der Waals surface area contributed by atoms with E-state index in [1.165, 1.54) is 11.8 Å². The maximum atomic E-state index is 11.8. The van der Waals surface area contributed by atoms with Gasteiger partial charge in [-0.3, -0.25) is 9.59 Å². The molecule has 0 fully saturated rings. The van der Waals surface area contributed by atoms with Crippen molar-refractivity contribution in [3.05, 3.63) is 65.7 Å². The Labute approximate surface area is 146 Å². The average Bonchev–Trinajstić information content (AvgIpc) is 2.60. The van der Waals surface area contributed by atoms with E-state index in [1.807, 2.05) is 54.6 Å². The van der Waals surface area contributed by atoms with Gasteiger partial charge in [0.2, 0.25) is 5.91 Å². The molecule has 0 heterocycles. The number of carboxylic acids is 1. The molecule has 0 saturated heterocycles. The smallest absolute Gasteiger partial charge is 0.303 e. The Kier molecular flexibility index (Phi) is 7.36. The van der Waals surface area contributed by atoms with Crippen LogP contribution in [0.5, 0.6) is 0 Å². The van der Waals surface area contributed by atoms with Gasteiger partial charge in [0.05, 0.1) is 5.75 Å². The van der Waals surface area contributed by atoms with Gasteiger partial charge in [-0.15, -0.1) is 11.8 Å². The fourth-order valence-corrected chi connectivity index (χ4v) is 2.94. The van der Waals surface area contributed by atoms with Crippen LogP contribution in [0.1, 0.15) is 17.5 Å². The van der Waals surface area contributed by atoms with E-state index in [2.05, 4.69) is 5.32 Å². The zero-order chi connectivity index (χ0) is 17.2. The monoisotopic (exact) mass is 343 g/mol. The Balaban J connectivity index is 1.66. The van der Waals surface area contributed by atoms with Crippen molar-refractivity contribution >= 4 is 23.6 Å². The molecule has 24 heavy (non-hydrogen) atoms. The number of carbonyl (C=O) groups excluding carboxylic acids is 1. The molecule has 0 aliphatic carbocycles. The minimum Gasteiger partial charge on any atom is -0.481 e. The topological polar surface area (TPSA) is 66.4 Å². The molecule has 2 aromatic carbocycles. The molecule has 0 aliphatic rings. The number of carbonyl (C=O) groups is 2. The number of hydrogen-bond acceptors (Lipinski definition) is 3. The van der Waals surface area contributed by atoms with E-state index in [0.29, 0.717) is 18.7 Å². The van der Waals surface area contributed by atoms with Crippen LogP contribution < -0.4 is 5.32 Å². The number of amides is 1. The molecule has 0 radical (unpaired) electrons. The number of hydrogen-bond donors (Lipinski definition) is 2. The summed E-state index contributed by atoms with van der Waals surface area (Å²) in [6.07, 6.45) is 1.46. The molecule has 126 valence electrons. The summed E-state index contributed by atoms with van der Waals surface area (Å²) < 4.78 is 0. The molecule has 4 nitrogen and oxygen atoms in total. The van der Waals surface area contributed by atoms with E-state index < -0.39 is 5.97 Å². The third-order valence-corrected chi connectivity index (χ3v) is 4.51. The summed E-state index contributed by atoms with van der Waals surface area (Å²) >= 11 is 1.52. The third-order valence-electron chi connectivity index (χ3n) is 3.50. The van der Waals surface area contributed by atoms with Crippen molar-refractivity contribution in [3.8, 4) is 0 Å². The second-order valence-corrected chi connectivity index (χ2v) is 6.46. The van der Waals surface area contributed by atoms with Gasteiger partial charge in [-0.1, -0.05) is 42.5 Å². The predicted molar refractivity (Wildman–Crippen MR) is 96.3 cm³/mol. The van der Waals surface area contributed by atoms with Crippen molar-refractivity contribution < 1.29 is 14.7 Å². The number of aliphatic carboxylic acids is 1. The molecular formula is C19H21NO3S. The average molecular weight is 343 g/mol. The highest BCUT2D eigenvalue weighted by molar-refractivity contribution is 8.00. The van der Waals surface area contributed by atoms with E-state index >= 15 is 0 Å². The molecule has 2 rings (SSSR count). The number of aryl methyl sites for hydroxylation is 1. The second-order valence-electron chi connectivity index (χ2n) is 5.41. The van der Waals surface area contributed by atoms with Crippen LogP contribution >= 0.6 is 11.8 Å². The van der Waals surface area contributed by atoms with Crippen LogP contribution in [0.4, 0.5) is 0 Å². The Morgan fingerprint density at radius 3 is 2.17 bits per heavy atom. The lowest BCUT2D eigenvalue weighted by Gasteiger charge is -2.06. The van der Waals surface area contributed by atoms with Gasteiger partial charge in [-0.2, -0.15) is 0 Å². The SMILES string of the molecule is O=C(O)CCc1ccc(CCNC(=O)CSc2ccccc2)cc1. The van der Waals surface area contributed by atoms with Crippen LogP contribution in [0.2, 0.25) is 0 Å². The van der Waals surface area contributed by atoms with Crippen molar-refractivity contribution in [2.75, 3.05) is 12.3 Å². The predicted octanol–water partition coefficient (Wildman–Crippen LogP) is 3.15. The van der Waals surface area contributed by atoms with Gasteiger partial charge in [0.25, 0.3) is 0 Å². The lowest BCUT2D eigenvalue weighted by molar-refractivity contribution is -0.137.